The van der Waals surface area contributed by atoms with E-state index in [0.717, 1.165) is 6.42 Å². The lowest BCUT2D eigenvalue weighted by Crippen LogP contribution is -2.27. The van der Waals surface area contributed by atoms with E-state index < -0.39 is 0 Å². The summed E-state index contributed by atoms with van der Waals surface area (Å²) in [6, 6.07) is 0. The number of hydrogen-bond donors (Lipinski definition) is 1. The fraction of sp³-hybridized carbons (Fsp3) is 0.500. The third-order valence-corrected chi connectivity index (χ3v) is 2.33. The molecule has 4 nitrogen and oxygen atoms in total. The highest BCUT2D eigenvalue weighted by atomic mass is 16.5. The number of imide groups is 1. The first kappa shape index (κ1) is 7.49. The maximum absolute atomic E-state index is 11.2. The number of methoxy groups -OCH3 is 1. The van der Waals surface area contributed by atoms with E-state index in [1.165, 1.54) is 0 Å². The van der Waals surface area contributed by atoms with Crippen LogP contribution in [0.2, 0.25) is 0 Å². The van der Waals surface area contributed by atoms with Crippen LogP contribution in [0.1, 0.15) is 12.8 Å². The molecule has 1 N–H and O–H groups in total. The second-order valence-electron chi connectivity index (χ2n) is 2.94. The molecule has 2 amide bonds. The Hall–Kier alpha value is -1.16. The van der Waals surface area contributed by atoms with Crippen LogP contribution < -0.4 is 5.32 Å². The Kier molecular flexibility index (Phi) is 1.51. The largest absolute Gasteiger partial charge is 0.377 e. The molecule has 0 saturated heterocycles. The van der Waals surface area contributed by atoms with Crippen molar-refractivity contribution in [1.82, 2.24) is 5.32 Å². The van der Waals surface area contributed by atoms with Crippen LogP contribution in [0.5, 0.6) is 0 Å². The van der Waals surface area contributed by atoms with E-state index >= 15 is 0 Å². The van der Waals surface area contributed by atoms with Crippen LogP contribution in [0, 0.1) is 0 Å². The standard InChI is InChI=1S/C8H9NO3/c1-12-5-3-2-4-6(5)8(11)9-7(4)10/h5H,2-3H2,1H3,(H,9,10,11). The Labute approximate surface area is 69.6 Å². The quantitative estimate of drug-likeness (QED) is 0.548. The number of hydrogen-bond acceptors (Lipinski definition) is 3. The van der Waals surface area contributed by atoms with Gasteiger partial charge < -0.3 is 4.74 Å². The van der Waals surface area contributed by atoms with Crippen molar-refractivity contribution in [3.8, 4) is 0 Å². The predicted molar refractivity (Wildman–Crippen MR) is 40.2 cm³/mol. The third-order valence-electron chi connectivity index (χ3n) is 2.33. The molecule has 1 heterocycles. The molecule has 1 aliphatic carbocycles. The molecule has 12 heavy (non-hydrogen) atoms. The zero-order valence-electron chi connectivity index (χ0n) is 6.72. The summed E-state index contributed by atoms with van der Waals surface area (Å²) in [5.41, 5.74) is 1.16. The van der Waals surface area contributed by atoms with Crippen LogP contribution in [0.25, 0.3) is 0 Å². The molecule has 4 heteroatoms. The van der Waals surface area contributed by atoms with Gasteiger partial charge in [-0.3, -0.25) is 14.9 Å². The average molecular weight is 167 g/mol. The summed E-state index contributed by atoms with van der Waals surface area (Å²) in [7, 11) is 1.55. The molecule has 0 bridgehead atoms. The zero-order chi connectivity index (χ0) is 8.72. The lowest BCUT2D eigenvalue weighted by Gasteiger charge is -2.08. The van der Waals surface area contributed by atoms with Gasteiger partial charge in [0.25, 0.3) is 11.8 Å². The molecule has 2 aliphatic rings. The van der Waals surface area contributed by atoms with Gasteiger partial charge in [0.1, 0.15) is 0 Å². The number of carbonyl (C=O) groups excluding carboxylic acids is 2. The Morgan fingerprint density at radius 1 is 1.42 bits per heavy atom. The third kappa shape index (κ3) is 0.814. The number of carbonyl (C=O) groups is 2. The number of nitrogens with one attached hydrogen (secondary N) is 1. The van der Waals surface area contributed by atoms with E-state index in [9.17, 15) is 9.59 Å². The highest BCUT2D eigenvalue weighted by Crippen LogP contribution is 2.31. The second-order valence-corrected chi connectivity index (χ2v) is 2.94. The number of rotatable bonds is 1. The molecule has 0 fully saturated rings. The van der Waals surface area contributed by atoms with Crippen LogP contribution in [0.4, 0.5) is 0 Å². The molecule has 1 aliphatic heterocycles. The normalized spacial score (nSPS) is 27.9. The lowest BCUT2D eigenvalue weighted by molar-refractivity contribution is -0.124. The summed E-state index contributed by atoms with van der Waals surface area (Å²) in [6.45, 7) is 0. The molecule has 0 aromatic rings. The first-order valence-corrected chi connectivity index (χ1v) is 3.85. The molecular formula is C8H9NO3. The van der Waals surface area contributed by atoms with Gasteiger partial charge in [0.2, 0.25) is 0 Å². The number of amides is 2. The summed E-state index contributed by atoms with van der Waals surface area (Å²) in [4.78, 5) is 22.2. The van der Waals surface area contributed by atoms with E-state index in [4.69, 9.17) is 4.74 Å². The molecule has 1 unspecified atom stereocenters. The van der Waals surface area contributed by atoms with Crippen molar-refractivity contribution in [3.63, 3.8) is 0 Å². The highest BCUT2D eigenvalue weighted by Gasteiger charge is 2.39. The maximum atomic E-state index is 11.2. The van der Waals surface area contributed by atoms with Crippen molar-refractivity contribution < 1.29 is 14.3 Å². The molecule has 64 valence electrons. The van der Waals surface area contributed by atoms with Crippen LogP contribution in [-0.2, 0) is 14.3 Å². The van der Waals surface area contributed by atoms with Crippen LogP contribution in [0.15, 0.2) is 11.1 Å². The lowest BCUT2D eigenvalue weighted by atomic mass is 10.2. The summed E-state index contributed by atoms with van der Waals surface area (Å²) >= 11 is 0. The average Bonchev–Trinajstić information content (AvgIpc) is 2.55. The summed E-state index contributed by atoms with van der Waals surface area (Å²) in [6.07, 6.45) is 1.23. The maximum Gasteiger partial charge on any atom is 0.257 e. The molecule has 0 saturated carbocycles. The van der Waals surface area contributed by atoms with Crippen LogP contribution in [0.3, 0.4) is 0 Å². The van der Waals surface area contributed by atoms with Crippen molar-refractivity contribution in [2.45, 2.75) is 18.9 Å². The predicted octanol–water partition coefficient (Wildman–Crippen LogP) is -0.252. The van der Waals surface area contributed by atoms with E-state index in [0.29, 0.717) is 17.6 Å². The van der Waals surface area contributed by atoms with Gasteiger partial charge in [-0.05, 0) is 12.8 Å². The van der Waals surface area contributed by atoms with Gasteiger partial charge in [0.15, 0.2) is 0 Å². The van der Waals surface area contributed by atoms with Gasteiger partial charge in [-0.1, -0.05) is 0 Å². The smallest absolute Gasteiger partial charge is 0.257 e. The van der Waals surface area contributed by atoms with Crippen molar-refractivity contribution in [1.29, 1.82) is 0 Å². The fourth-order valence-electron chi connectivity index (χ4n) is 1.75. The van der Waals surface area contributed by atoms with Gasteiger partial charge in [0, 0.05) is 12.7 Å². The van der Waals surface area contributed by atoms with E-state index in [1.54, 1.807) is 7.11 Å². The Morgan fingerprint density at radius 3 is 2.83 bits per heavy atom. The first-order valence-electron chi connectivity index (χ1n) is 3.85. The van der Waals surface area contributed by atoms with Crippen LogP contribution in [-0.4, -0.2) is 25.0 Å². The van der Waals surface area contributed by atoms with Crippen molar-refractivity contribution >= 4 is 11.8 Å². The minimum atomic E-state index is -0.278. The first-order chi connectivity index (χ1) is 5.74. The molecule has 0 spiro atoms. The minimum absolute atomic E-state index is 0.175. The van der Waals surface area contributed by atoms with E-state index in [-0.39, 0.29) is 17.9 Å². The van der Waals surface area contributed by atoms with Gasteiger partial charge in [-0.25, -0.2) is 0 Å². The summed E-state index contributed by atoms with van der Waals surface area (Å²) in [5, 5.41) is 2.25. The molecular weight excluding hydrogens is 158 g/mol. The van der Waals surface area contributed by atoms with Gasteiger partial charge >= 0.3 is 0 Å². The molecule has 0 aromatic heterocycles. The molecule has 0 radical (unpaired) electrons. The Morgan fingerprint density at radius 2 is 2.17 bits per heavy atom. The minimum Gasteiger partial charge on any atom is -0.377 e. The van der Waals surface area contributed by atoms with Gasteiger partial charge in [-0.15, -0.1) is 0 Å². The molecule has 2 rings (SSSR count). The van der Waals surface area contributed by atoms with Crippen LogP contribution >= 0.6 is 0 Å². The second kappa shape index (κ2) is 2.42. The summed E-state index contributed by atoms with van der Waals surface area (Å²) in [5.74, 6) is -0.520. The Bertz CT molecular complexity index is 293. The van der Waals surface area contributed by atoms with Crippen molar-refractivity contribution in [3.05, 3.63) is 11.1 Å². The van der Waals surface area contributed by atoms with E-state index in [1.807, 2.05) is 0 Å². The van der Waals surface area contributed by atoms with Gasteiger partial charge in [0.05, 0.1) is 11.7 Å². The van der Waals surface area contributed by atoms with Crippen molar-refractivity contribution in [2.75, 3.05) is 7.11 Å². The van der Waals surface area contributed by atoms with Crippen molar-refractivity contribution in [2.24, 2.45) is 0 Å². The Balaban J connectivity index is 2.38. The number of ether oxygens (including phenoxy) is 1. The molecule has 1 atom stereocenters. The highest BCUT2D eigenvalue weighted by molar-refractivity contribution is 6.20. The fourth-order valence-corrected chi connectivity index (χ4v) is 1.75. The van der Waals surface area contributed by atoms with Gasteiger partial charge in [-0.2, -0.15) is 0 Å². The summed E-state index contributed by atoms with van der Waals surface area (Å²) < 4.78 is 5.07. The zero-order valence-corrected chi connectivity index (χ0v) is 6.72. The topological polar surface area (TPSA) is 55.4 Å². The monoisotopic (exact) mass is 167 g/mol. The molecule has 0 aromatic carbocycles. The SMILES string of the molecule is COC1CCC2=C1C(=O)NC2=O. The van der Waals surface area contributed by atoms with E-state index in [2.05, 4.69) is 5.32 Å².